The first kappa shape index (κ1) is 20.9. The molecule has 0 amide bonds. The van der Waals surface area contributed by atoms with E-state index in [-0.39, 0.29) is 18.2 Å². The Hall–Kier alpha value is -2.80. The van der Waals surface area contributed by atoms with Gasteiger partial charge in [-0.05, 0) is 44.8 Å². The molecule has 0 bridgehead atoms. The zero-order valence-electron chi connectivity index (χ0n) is 17.1. The molecule has 1 atom stereocenters. The number of hydrogen-bond donors (Lipinski definition) is 1. The van der Waals surface area contributed by atoms with Crippen LogP contribution in [0.15, 0.2) is 42.5 Å². The van der Waals surface area contributed by atoms with E-state index in [9.17, 15) is 13.6 Å². The van der Waals surface area contributed by atoms with Crippen LogP contribution >= 0.6 is 0 Å². The molecule has 0 aliphatic heterocycles. The molecule has 0 radical (unpaired) electrons. The van der Waals surface area contributed by atoms with E-state index >= 15 is 0 Å². The third-order valence-electron chi connectivity index (χ3n) is 4.74. The van der Waals surface area contributed by atoms with Crippen molar-refractivity contribution in [3.8, 4) is 0 Å². The summed E-state index contributed by atoms with van der Waals surface area (Å²) in [5.41, 5.74) is 2.48. The van der Waals surface area contributed by atoms with Crippen LogP contribution in [0.4, 0.5) is 14.7 Å². The number of carbonyl (C=O) groups excluding carboxylic acids is 1. The molecular formula is C22H26F2N4O. The van der Waals surface area contributed by atoms with Crippen molar-refractivity contribution in [1.82, 2.24) is 14.5 Å². The summed E-state index contributed by atoms with van der Waals surface area (Å²) < 4.78 is 30.1. The second-order valence-corrected chi connectivity index (χ2v) is 7.74. The molecule has 1 aromatic heterocycles. The Balaban J connectivity index is 2.08. The summed E-state index contributed by atoms with van der Waals surface area (Å²) in [7, 11) is 3.97. The van der Waals surface area contributed by atoms with E-state index in [1.54, 1.807) is 36.4 Å². The number of imidazole rings is 1. The van der Waals surface area contributed by atoms with Gasteiger partial charge in [-0.1, -0.05) is 24.3 Å². The summed E-state index contributed by atoms with van der Waals surface area (Å²) >= 11 is 0. The van der Waals surface area contributed by atoms with Gasteiger partial charge in [-0.15, -0.1) is 0 Å². The first-order chi connectivity index (χ1) is 13.7. The normalized spacial score (nSPS) is 13.1. The van der Waals surface area contributed by atoms with E-state index in [4.69, 9.17) is 0 Å². The summed E-state index contributed by atoms with van der Waals surface area (Å²) in [6.07, 6.45) is 0.771. The second kappa shape index (κ2) is 8.29. The number of aromatic nitrogens is 2. The van der Waals surface area contributed by atoms with Gasteiger partial charge in [-0.25, -0.2) is 13.8 Å². The third kappa shape index (κ3) is 4.79. The molecule has 7 heteroatoms. The Morgan fingerprint density at radius 1 is 1.24 bits per heavy atom. The summed E-state index contributed by atoms with van der Waals surface area (Å²) in [6.45, 7) is 3.97. The molecule has 29 heavy (non-hydrogen) atoms. The molecule has 154 valence electrons. The van der Waals surface area contributed by atoms with Gasteiger partial charge in [0.15, 0.2) is 0 Å². The van der Waals surface area contributed by atoms with Crippen molar-refractivity contribution in [2.75, 3.05) is 26.0 Å². The molecule has 3 aromatic rings. The standard InChI is InChI=1S/C22H26F2N4O/c1-15(12-27(3)4)25-21-26-19-11-16(14-29)9-10-20(19)28(21)13-17-7-5-6-8-18(17)22(2,23)24/h5-11,14-15H,12-13H2,1-4H3,(H,25,26)/t15-/m1/s1. The largest absolute Gasteiger partial charge is 0.352 e. The quantitative estimate of drug-likeness (QED) is 0.571. The lowest BCUT2D eigenvalue weighted by Gasteiger charge is -2.21. The summed E-state index contributed by atoms with van der Waals surface area (Å²) in [4.78, 5) is 17.8. The van der Waals surface area contributed by atoms with Crippen LogP contribution in [0.25, 0.3) is 11.0 Å². The molecule has 0 unspecified atom stereocenters. The monoisotopic (exact) mass is 400 g/mol. The maximum atomic E-state index is 14.1. The number of anilines is 1. The lowest BCUT2D eigenvalue weighted by molar-refractivity contribution is 0.0165. The number of hydrogen-bond acceptors (Lipinski definition) is 4. The molecule has 5 nitrogen and oxygen atoms in total. The molecule has 2 aromatic carbocycles. The smallest absolute Gasteiger partial charge is 0.270 e. The van der Waals surface area contributed by atoms with Gasteiger partial charge < -0.3 is 14.8 Å². The molecule has 0 saturated heterocycles. The minimum atomic E-state index is -2.94. The van der Waals surface area contributed by atoms with Crippen molar-refractivity contribution in [3.05, 3.63) is 59.2 Å². The maximum Gasteiger partial charge on any atom is 0.270 e. The minimum absolute atomic E-state index is 0.00125. The Kier molecular flexibility index (Phi) is 5.98. The van der Waals surface area contributed by atoms with Crippen LogP contribution < -0.4 is 5.32 Å². The van der Waals surface area contributed by atoms with Crippen molar-refractivity contribution >= 4 is 23.3 Å². The fourth-order valence-electron chi connectivity index (χ4n) is 3.56. The predicted octanol–water partition coefficient (Wildman–Crippen LogP) is 4.37. The van der Waals surface area contributed by atoms with Crippen LogP contribution in [0, 0.1) is 0 Å². The topological polar surface area (TPSA) is 50.2 Å². The molecule has 0 fully saturated rings. The molecular weight excluding hydrogens is 374 g/mol. The molecule has 1 N–H and O–H groups in total. The third-order valence-corrected chi connectivity index (χ3v) is 4.74. The highest BCUT2D eigenvalue weighted by molar-refractivity contribution is 5.86. The number of alkyl halides is 2. The number of aldehydes is 1. The van der Waals surface area contributed by atoms with Gasteiger partial charge in [-0.3, -0.25) is 4.79 Å². The number of nitrogens with zero attached hydrogens (tertiary/aromatic N) is 3. The van der Waals surface area contributed by atoms with Gasteiger partial charge in [0, 0.05) is 30.6 Å². The zero-order valence-corrected chi connectivity index (χ0v) is 17.1. The lowest BCUT2D eigenvalue weighted by Crippen LogP contribution is -2.30. The van der Waals surface area contributed by atoms with E-state index in [0.717, 1.165) is 25.3 Å². The van der Waals surface area contributed by atoms with E-state index in [0.29, 0.717) is 22.6 Å². The number of benzene rings is 2. The Morgan fingerprint density at radius 2 is 1.97 bits per heavy atom. The summed E-state index contributed by atoms with van der Waals surface area (Å²) in [5, 5.41) is 3.38. The van der Waals surface area contributed by atoms with Gasteiger partial charge in [0.05, 0.1) is 17.6 Å². The van der Waals surface area contributed by atoms with Crippen molar-refractivity contribution < 1.29 is 13.6 Å². The van der Waals surface area contributed by atoms with Crippen LogP contribution in [0.1, 0.15) is 35.3 Å². The van der Waals surface area contributed by atoms with E-state index in [2.05, 4.69) is 15.2 Å². The van der Waals surface area contributed by atoms with Crippen LogP contribution in [0.5, 0.6) is 0 Å². The first-order valence-electron chi connectivity index (χ1n) is 9.52. The van der Waals surface area contributed by atoms with Crippen LogP contribution in [0.3, 0.4) is 0 Å². The van der Waals surface area contributed by atoms with Crippen molar-refractivity contribution in [2.24, 2.45) is 0 Å². The van der Waals surface area contributed by atoms with E-state index in [1.165, 1.54) is 6.07 Å². The van der Waals surface area contributed by atoms with Crippen molar-refractivity contribution in [2.45, 2.75) is 32.4 Å². The van der Waals surface area contributed by atoms with Gasteiger partial charge in [-0.2, -0.15) is 0 Å². The van der Waals surface area contributed by atoms with E-state index < -0.39 is 5.92 Å². The number of halogens is 2. The van der Waals surface area contributed by atoms with Crippen molar-refractivity contribution in [3.63, 3.8) is 0 Å². The highest BCUT2D eigenvalue weighted by Crippen LogP contribution is 2.31. The van der Waals surface area contributed by atoms with E-state index in [1.807, 2.05) is 25.6 Å². The molecule has 1 heterocycles. The number of nitrogens with one attached hydrogen (secondary N) is 1. The molecule has 0 aliphatic rings. The van der Waals surface area contributed by atoms with Crippen LogP contribution in [0.2, 0.25) is 0 Å². The number of likely N-dealkylation sites (N-methyl/N-ethyl adjacent to an activating group) is 1. The fraction of sp³-hybridized carbons (Fsp3) is 0.364. The predicted molar refractivity (Wildman–Crippen MR) is 112 cm³/mol. The Bertz CT molecular complexity index is 1010. The van der Waals surface area contributed by atoms with Crippen LogP contribution in [-0.2, 0) is 12.5 Å². The summed E-state index contributed by atoms with van der Waals surface area (Å²) in [5.74, 6) is -2.35. The number of fused-ring (bicyclic) bond motifs is 1. The van der Waals surface area contributed by atoms with Gasteiger partial charge in [0.2, 0.25) is 5.95 Å². The average Bonchev–Trinajstić information content (AvgIpc) is 2.96. The first-order valence-corrected chi connectivity index (χ1v) is 9.52. The highest BCUT2D eigenvalue weighted by atomic mass is 19.3. The molecule has 0 aliphatic carbocycles. The Labute approximate surface area is 169 Å². The molecule has 3 rings (SSSR count). The van der Waals surface area contributed by atoms with Crippen LogP contribution in [-0.4, -0.2) is 47.4 Å². The van der Waals surface area contributed by atoms with Gasteiger partial charge in [0.1, 0.15) is 6.29 Å². The van der Waals surface area contributed by atoms with Gasteiger partial charge in [0.25, 0.3) is 5.92 Å². The maximum absolute atomic E-state index is 14.1. The minimum Gasteiger partial charge on any atom is -0.352 e. The Morgan fingerprint density at radius 3 is 2.62 bits per heavy atom. The number of carbonyl (C=O) groups is 1. The van der Waals surface area contributed by atoms with Gasteiger partial charge >= 0.3 is 0 Å². The average molecular weight is 400 g/mol. The highest BCUT2D eigenvalue weighted by Gasteiger charge is 2.27. The lowest BCUT2D eigenvalue weighted by atomic mass is 10.0. The number of rotatable bonds is 8. The SMILES string of the molecule is C[C@H](CN(C)C)Nc1nc2cc(C=O)ccc2n1Cc1ccccc1C(C)(F)F. The molecule has 0 saturated carbocycles. The fourth-order valence-corrected chi connectivity index (χ4v) is 3.56. The van der Waals surface area contributed by atoms with Crippen molar-refractivity contribution in [1.29, 1.82) is 0 Å². The summed E-state index contributed by atoms with van der Waals surface area (Å²) in [6, 6.07) is 11.9. The second-order valence-electron chi connectivity index (χ2n) is 7.74. The zero-order chi connectivity index (χ0) is 21.2. The molecule has 0 spiro atoms.